The van der Waals surface area contributed by atoms with E-state index in [1.807, 2.05) is 26.8 Å². The van der Waals surface area contributed by atoms with Gasteiger partial charge in [0.05, 0.1) is 24.8 Å². The van der Waals surface area contributed by atoms with Crippen molar-refractivity contribution in [3.05, 3.63) is 292 Å². The average Bonchev–Trinajstić information content (AvgIpc) is 1.67. The molecule has 0 fully saturated rings. The van der Waals surface area contributed by atoms with Crippen molar-refractivity contribution in [1.82, 2.24) is 120 Å². The summed E-state index contributed by atoms with van der Waals surface area (Å²) in [6, 6.07) is 32.1. The standard InChI is InChI=1S/C29H23FN8O2.C24H15FN8.C16H11ClFN5.C13H13N3O2.C10H18O5.C8H5N3.C2HF3O.CH4/c1-29(2,3)40-28(39)38-26-20(15-34-38)12-18(14-33-26)4-7-23-8-10-31-25(35-23)24-9-11-32-27(36-24)37-16-19-5-6-22(30)13-21(19)17-37;25-19-3-2-16-13-33(14-18(16)10-19)24-27-8-6-21(31-24)23-26-7-5-20(30-23)4-1-15-9-17-12-29-32-22(17)28-11-15;17-14-4-6-19-15(22-14)13-3-5-20-16(21-13)23-8-10-1-2-12(18)7-11(10)9-23;1-5-9-6-10-8-15-16(11(10)14-7-9)12(17)18-13(2,3)4;1-9(2,3)14-7(11)13-8(12)15-10(4,5)6;1-2-6-3-7-5-10-11-8(7)9-4-6;3-2(4,5)1-6;/h5-6,8-15H,16-17H2,1-3H3;2-3,5-12H,13-14H2,(H,28,29,32);1-7H,8-9H2;1,6-8H,2-4H3;1-6H3;1,3-5H,(H,9,10,11);1H;1H4. The smallest absolute Gasteiger partial charge is 0.442 e. The van der Waals surface area contributed by atoms with E-state index in [1.165, 1.54) is 30.6 Å². The van der Waals surface area contributed by atoms with E-state index < -0.39 is 59.4 Å². The number of H-pyrrole nitrogens is 2. The monoisotopic (exact) mass is 2010 g/mol. The van der Waals surface area contributed by atoms with Gasteiger partial charge in [-0.25, -0.2) is 112 Å². The third kappa shape index (κ3) is 29.8. The molecule has 746 valence electrons. The second-order valence-electron chi connectivity index (χ2n) is 35.7. The quantitative estimate of drug-likeness (QED) is 0.0297. The van der Waals surface area contributed by atoms with Crippen LogP contribution in [0.15, 0.2) is 202 Å². The molecule has 44 heteroatoms. The van der Waals surface area contributed by atoms with Crippen LogP contribution in [0.3, 0.4) is 0 Å². The van der Waals surface area contributed by atoms with Gasteiger partial charge in [0.2, 0.25) is 24.1 Å². The van der Waals surface area contributed by atoms with Crippen LogP contribution in [0.1, 0.15) is 158 Å². The fourth-order valence-electron chi connectivity index (χ4n) is 13.5. The fourth-order valence-corrected chi connectivity index (χ4v) is 13.7. The zero-order valence-corrected chi connectivity index (χ0v) is 80.7. The number of nitrogens with zero attached hydrogens (tertiary/aromatic N) is 25. The predicted octanol–water partition coefficient (Wildman–Crippen LogP) is 18.4. The van der Waals surface area contributed by atoms with E-state index in [0.29, 0.717) is 141 Å². The van der Waals surface area contributed by atoms with E-state index in [0.717, 1.165) is 75.9 Å². The molecular formula is C103H90ClF6N27O10. The molecule has 0 unspecified atom stereocenters. The third-order valence-corrected chi connectivity index (χ3v) is 19.9. The number of aromatic amines is 2. The highest BCUT2D eigenvalue weighted by Gasteiger charge is 2.30. The topological polar surface area (TPSA) is 440 Å². The third-order valence-electron chi connectivity index (χ3n) is 19.7. The molecule has 2 N–H and O–H groups in total. The van der Waals surface area contributed by atoms with Crippen LogP contribution in [0.2, 0.25) is 5.15 Å². The summed E-state index contributed by atoms with van der Waals surface area (Å²) in [4.78, 5) is 131. The molecule has 0 radical (unpaired) electrons. The number of carbonyl (C=O) groups excluding carboxylic acids is 5. The maximum absolute atomic E-state index is 13.6. The van der Waals surface area contributed by atoms with Crippen LogP contribution in [0.25, 0.3) is 78.7 Å². The number of ether oxygens (including phenoxy) is 5. The van der Waals surface area contributed by atoms with Gasteiger partial charge in [0, 0.05) is 145 Å². The molecule has 0 saturated carbocycles. The van der Waals surface area contributed by atoms with Gasteiger partial charge in [-0.15, -0.1) is 22.2 Å². The summed E-state index contributed by atoms with van der Waals surface area (Å²) >= 11 is 5.90. The summed E-state index contributed by atoms with van der Waals surface area (Å²) in [5.41, 5.74) is 11.3. The molecular weight excluding hydrogens is 1920 g/mol. The van der Waals surface area contributed by atoms with Gasteiger partial charge >= 0.3 is 30.7 Å². The van der Waals surface area contributed by atoms with E-state index in [-0.39, 0.29) is 24.9 Å². The molecule has 0 aliphatic carbocycles. The Balaban J connectivity index is 0.000000152. The average molecular weight is 2020 g/mol. The summed E-state index contributed by atoms with van der Waals surface area (Å²) in [5.74, 6) is 19.4. The number of aromatic nitrogens is 24. The van der Waals surface area contributed by atoms with Gasteiger partial charge in [0.15, 0.2) is 40.1 Å². The van der Waals surface area contributed by atoms with Crippen LogP contribution in [-0.2, 0) is 67.7 Å². The van der Waals surface area contributed by atoms with Crippen LogP contribution >= 0.6 is 11.6 Å². The Morgan fingerprint density at radius 1 is 0.381 bits per heavy atom. The summed E-state index contributed by atoms with van der Waals surface area (Å²) in [6.07, 6.45) is 24.2. The van der Waals surface area contributed by atoms with Crippen molar-refractivity contribution in [2.75, 3.05) is 14.7 Å². The molecule has 147 heavy (non-hydrogen) atoms. The largest absolute Gasteiger partial charge is 0.519 e. The molecule has 0 atom stereocenters. The number of anilines is 3. The van der Waals surface area contributed by atoms with Gasteiger partial charge in [-0.05, 0) is 225 Å². The van der Waals surface area contributed by atoms with Gasteiger partial charge in [-0.2, -0.15) is 33.6 Å². The second-order valence-corrected chi connectivity index (χ2v) is 36.0. The number of aldehydes is 1. The van der Waals surface area contributed by atoms with Crippen LogP contribution in [0, 0.1) is 65.8 Å². The highest BCUT2D eigenvalue weighted by atomic mass is 35.5. The maximum atomic E-state index is 13.6. The zero-order chi connectivity index (χ0) is 104. The van der Waals surface area contributed by atoms with Gasteiger partial charge in [-0.3, -0.25) is 15.0 Å². The lowest BCUT2D eigenvalue weighted by Crippen LogP contribution is -2.29. The van der Waals surface area contributed by atoms with E-state index in [2.05, 4.69) is 151 Å². The normalized spacial score (nSPS) is 12.1. The first-order chi connectivity index (χ1) is 69.5. The van der Waals surface area contributed by atoms with Gasteiger partial charge in [0.1, 0.15) is 73.5 Å². The lowest BCUT2D eigenvalue weighted by Gasteiger charge is -2.20. The molecule has 0 amide bonds. The van der Waals surface area contributed by atoms with Crippen molar-refractivity contribution in [2.45, 2.75) is 158 Å². The minimum Gasteiger partial charge on any atom is -0.442 e. The molecule has 0 bridgehead atoms. The maximum Gasteiger partial charge on any atom is 0.519 e. The molecule has 3 aliphatic heterocycles. The summed E-state index contributed by atoms with van der Waals surface area (Å²) in [7, 11) is 0. The Bertz CT molecular complexity index is 7950. The minimum atomic E-state index is -4.64. The molecule has 14 aromatic heterocycles. The first-order valence-electron chi connectivity index (χ1n) is 44.1. The van der Waals surface area contributed by atoms with Crippen molar-refractivity contribution < 1.29 is 74.0 Å². The fraction of sp³-hybridized carbons (Fsp3) is 0.233. The van der Waals surface area contributed by atoms with Crippen molar-refractivity contribution in [3.8, 4) is 82.9 Å². The lowest BCUT2D eigenvalue weighted by atomic mass is 10.1. The second kappa shape index (κ2) is 46.0. The molecule has 17 aromatic rings. The van der Waals surface area contributed by atoms with E-state index in [9.17, 15) is 45.5 Å². The molecule has 17 heterocycles. The predicted molar refractivity (Wildman–Crippen MR) is 529 cm³/mol. The first-order valence-corrected chi connectivity index (χ1v) is 44.4. The number of terminal acetylenes is 2. The highest BCUT2D eigenvalue weighted by Crippen LogP contribution is 2.33. The van der Waals surface area contributed by atoms with Crippen molar-refractivity contribution in [3.63, 3.8) is 0 Å². The summed E-state index contributed by atoms with van der Waals surface area (Å²) in [5, 5.41) is 25.0. The Morgan fingerprint density at radius 3 is 1.07 bits per heavy atom. The number of pyridine rings is 4. The van der Waals surface area contributed by atoms with Gasteiger partial charge in [-0.1, -0.05) is 60.9 Å². The zero-order valence-electron chi connectivity index (χ0n) is 79.9. The highest BCUT2D eigenvalue weighted by molar-refractivity contribution is 6.29. The van der Waals surface area contributed by atoms with E-state index in [4.69, 9.17) is 48.2 Å². The molecule has 3 aliphatic rings. The Morgan fingerprint density at radius 2 is 0.707 bits per heavy atom. The lowest BCUT2D eigenvalue weighted by molar-refractivity contribution is -0.156. The number of hydrogen-bond acceptors (Lipinski definition) is 33. The van der Waals surface area contributed by atoms with Crippen LogP contribution in [-0.4, -0.2) is 179 Å². The molecule has 37 nitrogen and oxygen atoms in total. The van der Waals surface area contributed by atoms with Gasteiger partial charge < -0.3 is 38.4 Å². The van der Waals surface area contributed by atoms with Gasteiger partial charge in [0.25, 0.3) is 0 Å². The number of fused-ring (bicyclic) bond motifs is 7. The van der Waals surface area contributed by atoms with E-state index in [1.54, 1.807) is 242 Å². The Labute approximate surface area is 841 Å². The van der Waals surface area contributed by atoms with Crippen molar-refractivity contribution in [1.29, 1.82) is 0 Å². The summed E-state index contributed by atoms with van der Waals surface area (Å²) in [6.45, 7) is 24.3. The molecule has 20 rings (SSSR count). The van der Waals surface area contributed by atoms with Crippen molar-refractivity contribution >= 4 is 104 Å². The van der Waals surface area contributed by atoms with Crippen molar-refractivity contribution in [2.24, 2.45) is 0 Å². The van der Waals surface area contributed by atoms with Crippen LogP contribution in [0.4, 0.5) is 63.4 Å². The number of alkyl halides is 3. The molecule has 3 aromatic carbocycles. The minimum absolute atomic E-state index is 0. The Hall–Kier alpha value is -18.5. The Kier molecular flexibility index (Phi) is 33.1. The first kappa shape index (κ1) is 106. The number of halogens is 7. The summed E-state index contributed by atoms with van der Waals surface area (Å²) < 4.78 is 98.4. The van der Waals surface area contributed by atoms with Crippen LogP contribution < -0.4 is 14.7 Å². The number of hydrogen-bond donors (Lipinski definition) is 2. The SMILES string of the molecule is C.C#Cc1cnc2[nH]ncc2c1.C#Cc1cnc2c(cnn2C(=O)OC(C)(C)C)c1.CC(C)(C)OC(=O)OC(=O)OC(C)(C)C.CC(C)(C)OC(=O)n1ncc2cc(C#Cc3ccnc(-c4ccnc(N5Cc6ccc(F)cc6C5)n4)n3)cnc21.Fc1ccc2c(c1)CN(c1nccc(-c3nccc(C#Cc4cnc5[nH]ncc5c4)n3)n1)C2.Fc1ccc2c(c1)CN(c1nccc(-c3nccc(Cl)n3)n1)C2.O=CC(F)(F)F. The molecule has 0 saturated heterocycles. The number of carbonyl (C=O) groups is 5. The number of rotatable bonds is 6. The van der Waals surface area contributed by atoms with Crippen LogP contribution in [0.5, 0.6) is 0 Å². The number of nitrogens with one attached hydrogen (secondary N) is 2. The van der Waals surface area contributed by atoms with E-state index >= 15 is 0 Å². The molecule has 0 spiro atoms. The number of benzene rings is 3.